The molecule has 0 unspecified atom stereocenters. The van der Waals surface area contributed by atoms with Gasteiger partial charge in [0.1, 0.15) is 0 Å². The molecule has 0 aromatic carbocycles. The zero-order chi connectivity index (χ0) is 15.8. The van der Waals surface area contributed by atoms with Gasteiger partial charge in [-0.05, 0) is 38.5 Å². The minimum absolute atomic E-state index is 0.366. The maximum Gasteiger partial charge on any atom is 0.332 e. The van der Waals surface area contributed by atoms with E-state index in [1.807, 2.05) is 0 Å². The van der Waals surface area contributed by atoms with Gasteiger partial charge in [-0.15, -0.1) is 12.3 Å². The maximum absolute atomic E-state index is 10.4. The van der Waals surface area contributed by atoms with Gasteiger partial charge in [0.05, 0.1) is 0 Å². The first kappa shape index (κ1) is 19.7. The van der Waals surface area contributed by atoms with E-state index in [1.165, 1.54) is 19.3 Å². The average Bonchev–Trinajstić information content (AvgIpc) is 2.47. The van der Waals surface area contributed by atoms with Crippen molar-refractivity contribution < 1.29 is 15.0 Å². The lowest BCUT2D eigenvalue weighted by Gasteiger charge is -2.04. The number of hydrogen-bond acceptors (Lipinski definition) is 2. The fourth-order valence-corrected chi connectivity index (χ4v) is 2.16. The number of allylic oxidation sites excluding steroid dienone is 2. The molecule has 0 amide bonds. The molecule has 0 saturated carbocycles. The molecule has 3 heteroatoms. The summed E-state index contributed by atoms with van der Waals surface area (Å²) in [4.78, 5) is 10.4. The normalized spacial score (nSPS) is 12.4. The molecule has 2 N–H and O–H groups in total. The van der Waals surface area contributed by atoms with Crippen molar-refractivity contribution in [3.63, 3.8) is 0 Å². The van der Waals surface area contributed by atoms with E-state index in [9.17, 15) is 4.79 Å². The van der Waals surface area contributed by atoms with Crippen molar-refractivity contribution in [1.82, 2.24) is 0 Å². The molecular weight excluding hydrogens is 264 g/mol. The minimum Gasteiger partial charge on any atom is -0.479 e. The van der Waals surface area contributed by atoms with Crippen molar-refractivity contribution in [3.05, 3.63) is 12.2 Å². The number of hydrogen-bond donors (Lipinski definition) is 2. The number of aliphatic hydroxyl groups is 1. The highest BCUT2D eigenvalue weighted by molar-refractivity contribution is 5.71. The van der Waals surface area contributed by atoms with E-state index in [4.69, 9.17) is 16.6 Å². The van der Waals surface area contributed by atoms with Gasteiger partial charge in [0.15, 0.2) is 6.10 Å². The zero-order valence-corrected chi connectivity index (χ0v) is 13.1. The molecule has 0 rings (SSSR count). The molecule has 0 aliphatic carbocycles. The van der Waals surface area contributed by atoms with Crippen LogP contribution in [0, 0.1) is 12.3 Å². The molecular formula is C18H30O3. The number of aliphatic hydroxyl groups excluding tert-OH is 1. The third-order valence-electron chi connectivity index (χ3n) is 3.49. The molecule has 0 saturated heterocycles. The van der Waals surface area contributed by atoms with Gasteiger partial charge in [-0.3, -0.25) is 0 Å². The van der Waals surface area contributed by atoms with Crippen LogP contribution in [0.25, 0.3) is 0 Å². The van der Waals surface area contributed by atoms with E-state index in [-0.39, 0.29) is 0 Å². The van der Waals surface area contributed by atoms with Gasteiger partial charge in [-0.2, -0.15) is 0 Å². The second kappa shape index (κ2) is 15.1. The van der Waals surface area contributed by atoms with E-state index >= 15 is 0 Å². The Morgan fingerprint density at radius 2 is 1.48 bits per heavy atom. The van der Waals surface area contributed by atoms with E-state index in [2.05, 4.69) is 18.1 Å². The quantitative estimate of drug-likeness (QED) is 0.285. The van der Waals surface area contributed by atoms with Gasteiger partial charge >= 0.3 is 5.97 Å². The highest BCUT2D eigenvalue weighted by Gasteiger charge is 2.11. The third kappa shape index (κ3) is 14.9. The summed E-state index contributed by atoms with van der Waals surface area (Å²) in [5.74, 6) is 1.55. The van der Waals surface area contributed by atoms with E-state index in [0.717, 1.165) is 51.4 Å². The summed E-state index contributed by atoms with van der Waals surface area (Å²) in [5, 5.41) is 17.6. The number of carbonyl (C=O) groups is 1. The van der Waals surface area contributed by atoms with Crippen LogP contribution in [-0.4, -0.2) is 22.3 Å². The van der Waals surface area contributed by atoms with E-state index in [1.54, 1.807) is 0 Å². The van der Waals surface area contributed by atoms with Crippen molar-refractivity contribution in [2.24, 2.45) is 0 Å². The molecule has 0 aliphatic heterocycles. The largest absolute Gasteiger partial charge is 0.479 e. The van der Waals surface area contributed by atoms with Crippen LogP contribution < -0.4 is 0 Å². The first-order valence-electron chi connectivity index (χ1n) is 8.17. The molecule has 0 spiro atoms. The number of terminal acetylenes is 1. The predicted molar refractivity (Wildman–Crippen MR) is 87.0 cm³/mol. The number of rotatable bonds is 14. The second-order valence-electron chi connectivity index (χ2n) is 5.47. The molecule has 0 bridgehead atoms. The number of aliphatic carboxylic acids is 1. The molecule has 0 heterocycles. The first-order chi connectivity index (χ1) is 10.2. The summed E-state index contributed by atoms with van der Waals surface area (Å²) in [6.45, 7) is 0. The van der Waals surface area contributed by atoms with Gasteiger partial charge in [-0.25, -0.2) is 4.79 Å². The van der Waals surface area contributed by atoms with Gasteiger partial charge in [0, 0.05) is 6.42 Å². The highest BCUT2D eigenvalue weighted by Crippen LogP contribution is 2.09. The maximum atomic E-state index is 10.4. The van der Waals surface area contributed by atoms with Crippen LogP contribution in [0.4, 0.5) is 0 Å². The summed E-state index contributed by atoms with van der Waals surface area (Å²) in [5.41, 5.74) is 0. The van der Waals surface area contributed by atoms with Crippen LogP contribution >= 0.6 is 0 Å². The van der Waals surface area contributed by atoms with Crippen LogP contribution in [-0.2, 0) is 4.79 Å². The molecule has 120 valence electrons. The SMILES string of the molecule is C#CCCCCCC/C=C\CCCCCC[C@@H](O)C(=O)O. The Balaban J connectivity index is 3.19. The van der Waals surface area contributed by atoms with Crippen molar-refractivity contribution in [2.45, 2.75) is 83.2 Å². The first-order valence-corrected chi connectivity index (χ1v) is 8.17. The highest BCUT2D eigenvalue weighted by atomic mass is 16.4. The summed E-state index contributed by atoms with van der Waals surface area (Å²) >= 11 is 0. The van der Waals surface area contributed by atoms with E-state index in [0.29, 0.717) is 6.42 Å². The smallest absolute Gasteiger partial charge is 0.332 e. The van der Waals surface area contributed by atoms with Crippen LogP contribution in [0.15, 0.2) is 12.2 Å². The van der Waals surface area contributed by atoms with Crippen LogP contribution in [0.1, 0.15) is 77.0 Å². The molecule has 0 aromatic heterocycles. The van der Waals surface area contributed by atoms with Crippen molar-refractivity contribution in [1.29, 1.82) is 0 Å². The second-order valence-corrected chi connectivity index (χ2v) is 5.47. The summed E-state index contributed by atoms with van der Waals surface area (Å²) < 4.78 is 0. The molecule has 21 heavy (non-hydrogen) atoms. The molecule has 0 fully saturated rings. The fraction of sp³-hybridized carbons (Fsp3) is 0.722. The number of carboxylic acid groups (broad SMARTS) is 1. The minimum atomic E-state index is -1.19. The Labute approximate surface area is 129 Å². The predicted octanol–water partition coefficient (Wildman–Crippen LogP) is 4.30. The fourth-order valence-electron chi connectivity index (χ4n) is 2.16. The Morgan fingerprint density at radius 3 is 2.00 bits per heavy atom. The monoisotopic (exact) mass is 294 g/mol. The Hall–Kier alpha value is -1.27. The summed E-state index contributed by atoms with van der Waals surface area (Å²) in [7, 11) is 0. The van der Waals surface area contributed by atoms with Gasteiger partial charge in [0.2, 0.25) is 0 Å². The summed E-state index contributed by atoms with van der Waals surface area (Å²) in [6.07, 6.45) is 20.9. The van der Waals surface area contributed by atoms with Crippen LogP contribution in [0.2, 0.25) is 0 Å². The van der Waals surface area contributed by atoms with Crippen molar-refractivity contribution >= 4 is 5.97 Å². The molecule has 1 atom stereocenters. The Kier molecular flexibility index (Phi) is 14.2. The standard InChI is InChI=1S/C18H30O3/c1-2-3-4-5-6-7-8-9-10-11-12-13-14-15-16-17(19)18(20)21/h1,9-10,17,19H,3-8,11-16H2,(H,20,21)/b10-9-/t17-/m1/s1. The van der Waals surface area contributed by atoms with Gasteiger partial charge in [0.25, 0.3) is 0 Å². The Bertz CT molecular complexity index is 315. The lowest BCUT2D eigenvalue weighted by Crippen LogP contribution is -2.18. The van der Waals surface area contributed by atoms with Gasteiger partial charge < -0.3 is 10.2 Å². The van der Waals surface area contributed by atoms with E-state index < -0.39 is 12.1 Å². The molecule has 0 aliphatic rings. The van der Waals surface area contributed by atoms with Crippen molar-refractivity contribution in [3.8, 4) is 12.3 Å². The molecule has 0 aromatic rings. The lowest BCUT2D eigenvalue weighted by molar-refractivity contribution is -0.146. The van der Waals surface area contributed by atoms with Crippen LogP contribution in [0.5, 0.6) is 0 Å². The Morgan fingerprint density at radius 1 is 0.952 bits per heavy atom. The molecule has 3 nitrogen and oxygen atoms in total. The van der Waals surface area contributed by atoms with Gasteiger partial charge in [-0.1, -0.05) is 44.3 Å². The average molecular weight is 294 g/mol. The van der Waals surface area contributed by atoms with Crippen molar-refractivity contribution in [2.75, 3.05) is 0 Å². The zero-order valence-electron chi connectivity index (χ0n) is 13.1. The summed E-state index contributed by atoms with van der Waals surface area (Å²) in [6, 6.07) is 0. The molecule has 0 radical (unpaired) electrons. The number of unbranched alkanes of at least 4 members (excludes halogenated alkanes) is 9. The van der Waals surface area contributed by atoms with Crippen LogP contribution in [0.3, 0.4) is 0 Å². The number of carboxylic acids is 1. The third-order valence-corrected chi connectivity index (χ3v) is 3.49. The topological polar surface area (TPSA) is 57.5 Å². The lowest BCUT2D eigenvalue weighted by atomic mass is 10.1.